The Balaban J connectivity index is 0.801. The number of nitrogens with zero attached hydrogens (tertiary/aromatic N) is 5. The maximum Gasteiger partial charge on any atom is 0.293 e. The summed E-state index contributed by atoms with van der Waals surface area (Å²) in [5.74, 6) is 0.0965. The van der Waals surface area contributed by atoms with E-state index in [1.54, 1.807) is 18.3 Å². The Hall–Kier alpha value is -6.87. The number of nitro groups is 1. The van der Waals surface area contributed by atoms with E-state index in [4.69, 9.17) is 18.9 Å². The number of halogens is 2. The zero-order chi connectivity index (χ0) is 52.1. The lowest BCUT2D eigenvalue weighted by Crippen LogP contribution is -2.60. The number of fused-ring (bicyclic) bond motifs is 2. The second-order valence-corrected chi connectivity index (χ2v) is 22.6. The second kappa shape index (κ2) is 20.3. The first-order chi connectivity index (χ1) is 36.1. The summed E-state index contributed by atoms with van der Waals surface area (Å²) in [7, 11) is -4.79. The molecule has 6 aromatic rings. The number of nitro benzene ring substituents is 1. The molecule has 2 aromatic heterocycles. The zero-order valence-electron chi connectivity index (χ0n) is 41.9. The number of piperazine rings is 1. The monoisotopic (exact) mass is 1050 g/mol. The molecule has 1 amide bonds. The summed E-state index contributed by atoms with van der Waals surface area (Å²) >= 11 is 0. The molecule has 1 saturated carbocycles. The third kappa shape index (κ3) is 10.3. The third-order valence-electron chi connectivity index (χ3n) is 15.9. The number of carbonyl (C=O) groups is 1. The number of hydrogen-bond donors (Lipinski definition) is 3. The van der Waals surface area contributed by atoms with Crippen molar-refractivity contribution in [2.75, 3.05) is 69.5 Å². The minimum Gasteiger partial charge on any atom is -0.455 e. The molecule has 4 aliphatic heterocycles. The fourth-order valence-corrected chi connectivity index (χ4v) is 12.7. The average molecular weight is 1050 g/mol. The molecule has 11 rings (SSSR count). The number of aromatic amines is 1. The summed E-state index contributed by atoms with van der Waals surface area (Å²) in [4.78, 5) is 39.4. The predicted octanol–water partition coefficient (Wildman–Crippen LogP) is 9.61. The molecule has 17 nitrogen and oxygen atoms in total. The Morgan fingerprint density at radius 2 is 1.77 bits per heavy atom. The average Bonchev–Trinajstić information content (AvgIpc) is 4.10. The first-order valence-electron chi connectivity index (χ1n) is 25.6. The highest BCUT2D eigenvalue weighted by Gasteiger charge is 2.50. The number of piperidine rings is 1. The number of carbonyl (C=O) groups excluding carboxylic acids is 1. The Labute approximate surface area is 433 Å². The minimum absolute atomic E-state index is 0.0769. The number of para-hydroxylation sites is 1. The van der Waals surface area contributed by atoms with Gasteiger partial charge in [0.25, 0.3) is 21.6 Å². The van der Waals surface area contributed by atoms with E-state index in [1.807, 2.05) is 21.8 Å². The highest BCUT2D eigenvalue weighted by atomic mass is 32.2. The maximum absolute atomic E-state index is 16.6. The number of benzene rings is 4. The van der Waals surface area contributed by atoms with Crippen molar-refractivity contribution in [3.8, 4) is 23.0 Å². The highest BCUT2D eigenvalue weighted by Crippen LogP contribution is 2.54. The van der Waals surface area contributed by atoms with Crippen LogP contribution in [0.1, 0.15) is 91.4 Å². The third-order valence-corrected chi connectivity index (χ3v) is 17.2. The van der Waals surface area contributed by atoms with E-state index in [0.29, 0.717) is 36.1 Å². The Morgan fingerprint density at radius 3 is 2.56 bits per heavy atom. The summed E-state index contributed by atoms with van der Waals surface area (Å²) in [6, 6.07) is 24.3. The van der Waals surface area contributed by atoms with Gasteiger partial charge in [-0.15, -0.1) is 0 Å². The fourth-order valence-electron chi connectivity index (χ4n) is 11.7. The van der Waals surface area contributed by atoms with Crippen LogP contribution >= 0.6 is 0 Å². The molecule has 0 bridgehead atoms. The van der Waals surface area contributed by atoms with Crippen molar-refractivity contribution >= 4 is 44.0 Å². The Kier molecular flexibility index (Phi) is 13.6. The summed E-state index contributed by atoms with van der Waals surface area (Å²) in [5, 5.41) is 15.6. The van der Waals surface area contributed by atoms with Gasteiger partial charge in [0.2, 0.25) is 6.79 Å². The Morgan fingerprint density at radius 1 is 0.973 bits per heavy atom. The van der Waals surface area contributed by atoms with Gasteiger partial charge in [-0.3, -0.25) is 24.7 Å². The molecule has 1 spiro atoms. The SMILES string of the molecule is CC(C)c1ccccc1[C@@H]1CN(Cc2cccc3c2OCO3)CCN1C1CC2(CCN(c3cc(Oc4cnc5[nH]ccc5c4)c(C(=O)NS(=O)(=O)c4ccc(NCC5(F)CCOCC5)c([N+](=O)[O-])c4)cc3F)CC2)C1. The smallest absolute Gasteiger partial charge is 0.293 e. The number of aromatic nitrogens is 2. The van der Waals surface area contributed by atoms with Crippen molar-refractivity contribution < 1.29 is 45.9 Å². The molecule has 3 N–H and O–H groups in total. The van der Waals surface area contributed by atoms with Crippen molar-refractivity contribution in [1.82, 2.24) is 24.5 Å². The summed E-state index contributed by atoms with van der Waals surface area (Å²) in [5.41, 5.74) is 1.87. The first kappa shape index (κ1) is 50.3. The lowest BCUT2D eigenvalue weighted by atomic mass is 9.59. The summed E-state index contributed by atoms with van der Waals surface area (Å²) in [6.45, 7) is 9.45. The van der Waals surface area contributed by atoms with E-state index in [2.05, 4.69) is 69.3 Å². The summed E-state index contributed by atoms with van der Waals surface area (Å²) in [6.07, 6.45) is 7.03. The van der Waals surface area contributed by atoms with Crippen LogP contribution in [0.2, 0.25) is 0 Å². The van der Waals surface area contributed by atoms with Crippen LogP contribution in [0.4, 0.5) is 25.8 Å². The number of alkyl halides is 1. The van der Waals surface area contributed by atoms with Gasteiger partial charge in [-0.2, -0.15) is 0 Å². The molecule has 0 radical (unpaired) electrons. The second-order valence-electron chi connectivity index (χ2n) is 20.9. The molecular formula is C55H60F2N8O9S. The number of hydrogen-bond acceptors (Lipinski definition) is 14. The maximum atomic E-state index is 16.6. The van der Waals surface area contributed by atoms with Gasteiger partial charge in [-0.25, -0.2) is 26.9 Å². The molecule has 0 unspecified atom stereocenters. The number of nitrogens with one attached hydrogen (secondary N) is 3. The molecule has 3 saturated heterocycles. The van der Waals surface area contributed by atoms with Gasteiger partial charge in [0.05, 0.1) is 27.3 Å². The van der Waals surface area contributed by atoms with Crippen LogP contribution in [-0.2, 0) is 21.3 Å². The molecule has 1 atom stereocenters. The van der Waals surface area contributed by atoms with Gasteiger partial charge in [-0.05, 0) is 84.5 Å². The number of anilines is 2. The topological polar surface area (TPSA) is 194 Å². The molecule has 1 aliphatic carbocycles. The number of rotatable bonds is 15. The van der Waals surface area contributed by atoms with Crippen LogP contribution in [-0.4, -0.2) is 110 Å². The van der Waals surface area contributed by atoms with Crippen LogP contribution in [0.3, 0.4) is 0 Å². The number of pyridine rings is 1. The van der Waals surface area contributed by atoms with Crippen molar-refractivity contribution in [2.45, 2.75) is 87.5 Å². The van der Waals surface area contributed by atoms with Crippen molar-refractivity contribution in [3.05, 3.63) is 136 Å². The molecule has 20 heteroatoms. The molecule has 4 aromatic carbocycles. The normalized spacial score (nSPS) is 19.8. The van der Waals surface area contributed by atoms with Gasteiger partial charge in [-0.1, -0.05) is 50.2 Å². The molecule has 4 fully saturated rings. The van der Waals surface area contributed by atoms with E-state index in [0.717, 1.165) is 93.2 Å². The van der Waals surface area contributed by atoms with Crippen LogP contribution in [0, 0.1) is 21.3 Å². The van der Waals surface area contributed by atoms with Crippen molar-refractivity contribution in [1.29, 1.82) is 0 Å². The van der Waals surface area contributed by atoms with E-state index >= 15 is 8.78 Å². The van der Waals surface area contributed by atoms with Gasteiger partial charge in [0.1, 0.15) is 34.3 Å². The lowest BCUT2D eigenvalue weighted by Gasteiger charge is -2.58. The van der Waals surface area contributed by atoms with E-state index < -0.39 is 48.5 Å². The fraction of sp³-hybridized carbons (Fsp3) is 0.418. The molecule has 6 heterocycles. The molecule has 5 aliphatic rings. The highest BCUT2D eigenvalue weighted by molar-refractivity contribution is 7.90. The van der Waals surface area contributed by atoms with Gasteiger partial charge >= 0.3 is 0 Å². The number of sulfonamides is 1. The summed E-state index contributed by atoms with van der Waals surface area (Å²) < 4.78 is 84.5. The van der Waals surface area contributed by atoms with Crippen LogP contribution in [0.5, 0.6) is 23.0 Å². The quantitative estimate of drug-likeness (QED) is 0.0650. The van der Waals surface area contributed by atoms with Crippen LogP contribution in [0.15, 0.2) is 102 Å². The number of ether oxygens (including phenoxy) is 4. The minimum atomic E-state index is -4.79. The standard InChI is InChI=1S/C55H60F2N8O9S/c1-35(2)41-7-3-4-8-42(41)48-32-62(31-37-6-5-9-49-51(37)73-34-72-49)20-21-64(48)38-28-54(29-38)13-18-63(19-14-54)46-27-50(74-39-24-36-12-17-58-52(36)59-30-39)43(26-44(46)56)53(66)61-75(69,70)40-10-11-45(47(25-40)65(67)68)60-33-55(57)15-22-71-23-16-55/h3-12,17,24-27,30,35,38,48,60H,13-16,18-23,28-29,31-34H2,1-2H3,(H,58,59)(H,61,66)/t48-/m0/s1. The predicted molar refractivity (Wildman–Crippen MR) is 277 cm³/mol. The number of amides is 1. The largest absolute Gasteiger partial charge is 0.455 e. The van der Waals surface area contributed by atoms with Crippen molar-refractivity contribution in [2.24, 2.45) is 5.41 Å². The number of H-pyrrole nitrogens is 1. The van der Waals surface area contributed by atoms with Gasteiger partial charge < -0.3 is 34.1 Å². The Bertz CT molecular complexity index is 3240. The molecular weight excluding hydrogens is 987 g/mol. The first-order valence-corrected chi connectivity index (χ1v) is 27.1. The molecule has 394 valence electrons. The van der Waals surface area contributed by atoms with Gasteiger partial charge in [0, 0.05) is 113 Å². The van der Waals surface area contributed by atoms with E-state index in [-0.39, 0.29) is 73.7 Å². The van der Waals surface area contributed by atoms with E-state index in [1.165, 1.54) is 23.4 Å². The van der Waals surface area contributed by atoms with Crippen molar-refractivity contribution in [3.63, 3.8) is 0 Å². The van der Waals surface area contributed by atoms with E-state index in [9.17, 15) is 23.3 Å². The zero-order valence-corrected chi connectivity index (χ0v) is 42.7. The van der Waals surface area contributed by atoms with Gasteiger partial charge in [0.15, 0.2) is 11.5 Å². The van der Waals surface area contributed by atoms with Crippen LogP contribution in [0.25, 0.3) is 11.0 Å². The lowest BCUT2D eigenvalue weighted by molar-refractivity contribution is -0.384. The van der Waals surface area contributed by atoms with Crippen LogP contribution < -0.4 is 29.1 Å². The molecule has 75 heavy (non-hydrogen) atoms.